The molecule has 3 heteroatoms. The van der Waals surface area contributed by atoms with Gasteiger partial charge in [0.2, 0.25) is 0 Å². The lowest BCUT2D eigenvalue weighted by atomic mass is 10.1. The smallest absolute Gasteiger partial charge is 0.139 e. The Bertz CT molecular complexity index is 674. The van der Waals surface area contributed by atoms with Crippen molar-refractivity contribution in [1.29, 1.82) is 0 Å². The number of hydrogen-bond acceptors (Lipinski definition) is 2. The van der Waals surface area contributed by atoms with Crippen LogP contribution in [-0.2, 0) is 0 Å². The fraction of sp³-hybridized carbons (Fsp3) is 0.0714. The van der Waals surface area contributed by atoms with E-state index in [2.05, 4.69) is 38.3 Å². The minimum Gasteiger partial charge on any atom is -0.342 e. The Morgan fingerprint density at radius 2 is 2.29 bits per heavy atom. The number of H-pyrrole nitrogens is 1. The Morgan fingerprint density at radius 3 is 3.00 bits per heavy atom. The molecule has 0 unspecified atom stereocenters. The molecule has 2 aromatic heterocycles. The number of aromatic nitrogens is 2. The van der Waals surface area contributed by atoms with Crippen LogP contribution in [0.15, 0.2) is 46.5 Å². The first-order chi connectivity index (χ1) is 8.34. The minimum absolute atomic E-state index is 0.923. The average molecular weight is 238 g/mol. The first-order valence-corrected chi connectivity index (χ1v) is 6.26. The summed E-state index contributed by atoms with van der Waals surface area (Å²) >= 11 is 1.67. The molecule has 2 aromatic rings. The third-order valence-electron chi connectivity index (χ3n) is 2.61. The molecule has 0 saturated carbocycles. The molecule has 17 heavy (non-hydrogen) atoms. The third kappa shape index (κ3) is 1.83. The zero-order chi connectivity index (χ0) is 11.7. The van der Waals surface area contributed by atoms with E-state index in [0.29, 0.717) is 0 Å². The Hall–Kier alpha value is -2.05. The Labute approximate surface area is 103 Å². The van der Waals surface area contributed by atoms with Gasteiger partial charge in [-0.2, -0.15) is 11.3 Å². The van der Waals surface area contributed by atoms with E-state index in [4.69, 9.17) is 0 Å². The van der Waals surface area contributed by atoms with Crippen molar-refractivity contribution in [3.05, 3.63) is 57.9 Å². The Kier molecular flexibility index (Phi) is 2.43. The number of aromatic amines is 1. The number of rotatable bonds is 2. The van der Waals surface area contributed by atoms with Crippen LogP contribution in [0, 0.1) is 6.92 Å². The summed E-state index contributed by atoms with van der Waals surface area (Å²) in [7, 11) is 0. The van der Waals surface area contributed by atoms with Gasteiger partial charge in [-0.1, -0.05) is 11.5 Å². The average Bonchev–Trinajstić information content (AvgIpc) is 2.99. The first kappa shape index (κ1) is 10.1. The van der Waals surface area contributed by atoms with E-state index in [0.717, 1.165) is 28.3 Å². The summed E-state index contributed by atoms with van der Waals surface area (Å²) < 4.78 is 0. The van der Waals surface area contributed by atoms with E-state index in [-0.39, 0.29) is 0 Å². The standard InChI is InChI=1S/C14H10N2S/c1-10-13(11-5-3-2-4-6-11)16-14(15-10)12-7-8-17-9-12/h3,5-9H,1H3,(H,15,16). The van der Waals surface area contributed by atoms with Crippen molar-refractivity contribution in [3.8, 4) is 11.4 Å². The van der Waals surface area contributed by atoms with Crippen LogP contribution in [0.2, 0.25) is 0 Å². The summed E-state index contributed by atoms with van der Waals surface area (Å²) in [5.74, 6) is 0.923. The molecule has 1 aliphatic carbocycles. The van der Waals surface area contributed by atoms with Crippen LogP contribution < -0.4 is 0 Å². The number of hydrogen-bond donors (Lipinski definition) is 1. The number of thiophene rings is 1. The molecule has 0 bridgehead atoms. The van der Waals surface area contributed by atoms with Crippen molar-refractivity contribution < 1.29 is 0 Å². The van der Waals surface area contributed by atoms with Crippen LogP contribution in [0.1, 0.15) is 11.4 Å². The summed E-state index contributed by atoms with van der Waals surface area (Å²) in [5.41, 5.74) is 10.1. The molecule has 0 radical (unpaired) electrons. The molecule has 0 aromatic carbocycles. The predicted molar refractivity (Wildman–Crippen MR) is 70.8 cm³/mol. The highest BCUT2D eigenvalue weighted by Gasteiger charge is 2.11. The largest absolute Gasteiger partial charge is 0.342 e. The summed E-state index contributed by atoms with van der Waals surface area (Å²) in [5, 5.41) is 4.14. The highest BCUT2D eigenvalue weighted by Crippen LogP contribution is 2.25. The fourth-order valence-corrected chi connectivity index (χ4v) is 2.41. The van der Waals surface area contributed by atoms with Crippen LogP contribution in [0.4, 0.5) is 0 Å². The molecule has 0 atom stereocenters. The van der Waals surface area contributed by atoms with Gasteiger partial charge in [-0.25, -0.2) is 4.98 Å². The van der Waals surface area contributed by atoms with Crippen molar-refractivity contribution in [2.75, 3.05) is 0 Å². The lowest BCUT2D eigenvalue weighted by molar-refractivity contribution is 1.26. The maximum absolute atomic E-state index is 4.64. The zero-order valence-corrected chi connectivity index (χ0v) is 10.1. The van der Waals surface area contributed by atoms with Gasteiger partial charge in [0, 0.05) is 22.2 Å². The molecule has 1 N–H and O–H groups in total. The SMILES string of the molecule is Cc1[nH]c(-c2ccsc2)nc1C1=CC=C=C=C1. The van der Waals surface area contributed by atoms with Gasteiger partial charge in [0.25, 0.3) is 0 Å². The van der Waals surface area contributed by atoms with Gasteiger partial charge in [0.1, 0.15) is 5.82 Å². The normalized spacial score (nSPS) is 13.1. The maximum Gasteiger partial charge on any atom is 0.139 e. The second-order valence-corrected chi connectivity index (χ2v) is 4.57. The number of allylic oxidation sites excluding steroid dienone is 4. The monoisotopic (exact) mass is 238 g/mol. The molecule has 0 fully saturated rings. The summed E-state index contributed by atoms with van der Waals surface area (Å²) in [6.45, 7) is 2.04. The van der Waals surface area contributed by atoms with Gasteiger partial charge < -0.3 is 4.98 Å². The van der Waals surface area contributed by atoms with Crippen LogP contribution >= 0.6 is 11.3 Å². The summed E-state index contributed by atoms with van der Waals surface area (Å²) in [4.78, 5) is 7.96. The van der Waals surface area contributed by atoms with Gasteiger partial charge >= 0.3 is 0 Å². The first-order valence-electron chi connectivity index (χ1n) is 5.32. The van der Waals surface area contributed by atoms with Gasteiger partial charge in [0.05, 0.1) is 5.69 Å². The van der Waals surface area contributed by atoms with E-state index < -0.39 is 0 Å². The van der Waals surface area contributed by atoms with Crippen LogP contribution in [-0.4, -0.2) is 9.97 Å². The molecule has 0 aliphatic heterocycles. The summed E-state index contributed by atoms with van der Waals surface area (Å²) in [6.07, 6.45) is 5.76. The molecule has 2 nitrogen and oxygen atoms in total. The lowest BCUT2D eigenvalue weighted by Gasteiger charge is -1.97. The quantitative estimate of drug-likeness (QED) is 0.794. The van der Waals surface area contributed by atoms with Crippen molar-refractivity contribution in [2.45, 2.75) is 6.92 Å². The second-order valence-electron chi connectivity index (χ2n) is 3.79. The second kappa shape index (κ2) is 4.08. The van der Waals surface area contributed by atoms with Gasteiger partial charge in [-0.3, -0.25) is 0 Å². The lowest BCUT2D eigenvalue weighted by Crippen LogP contribution is -1.85. The minimum atomic E-state index is 0.923. The Balaban J connectivity index is 2.06. The van der Waals surface area contributed by atoms with E-state index in [1.54, 1.807) is 11.3 Å². The van der Waals surface area contributed by atoms with Gasteiger partial charge in [-0.05, 0) is 36.6 Å². The summed E-state index contributed by atoms with van der Waals surface area (Å²) in [6, 6.07) is 2.07. The number of imidazole rings is 1. The molecular weight excluding hydrogens is 228 g/mol. The van der Waals surface area contributed by atoms with Crippen LogP contribution in [0.5, 0.6) is 0 Å². The fourth-order valence-electron chi connectivity index (χ4n) is 1.77. The molecular formula is C14H10N2S. The van der Waals surface area contributed by atoms with E-state index >= 15 is 0 Å². The number of nitrogens with one attached hydrogen (secondary N) is 1. The molecule has 2 heterocycles. The van der Waals surface area contributed by atoms with Crippen LogP contribution in [0.3, 0.4) is 0 Å². The van der Waals surface area contributed by atoms with Crippen LogP contribution in [0.25, 0.3) is 17.0 Å². The number of aryl methyl sites for hydroxylation is 1. The highest BCUT2D eigenvalue weighted by molar-refractivity contribution is 7.08. The van der Waals surface area contributed by atoms with Crippen molar-refractivity contribution in [2.24, 2.45) is 0 Å². The van der Waals surface area contributed by atoms with Gasteiger partial charge in [0.15, 0.2) is 0 Å². The third-order valence-corrected chi connectivity index (χ3v) is 3.29. The van der Waals surface area contributed by atoms with E-state index in [1.807, 2.05) is 25.2 Å². The topological polar surface area (TPSA) is 28.7 Å². The number of nitrogens with zero attached hydrogens (tertiary/aromatic N) is 1. The van der Waals surface area contributed by atoms with Crippen molar-refractivity contribution in [1.82, 2.24) is 9.97 Å². The molecule has 82 valence electrons. The Morgan fingerprint density at radius 1 is 1.35 bits per heavy atom. The predicted octanol–water partition coefficient (Wildman–Crippen LogP) is 3.71. The van der Waals surface area contributed by atoms with Crippen molar-refractivity contribution in [3.63, 3.8) is 0 Å². The maximum atomic E-state index is 4.64. The van der Waals surface area contributed by atoms with Gasteiger partial charge in [-0.15, -0.1) is 0 Å². The molecule has 0 amide bonds. The van der Waals surface area contributed by atoms with E-state index in [9.17, 15) is 0 Å². The molecule has 1 aliphatic rings. The molecule has 3 rings (SSSR count). The molecule has 0 saturated heterocycles. The van der Waals surface area contributed by atoms with E-state index in [1.165, 1.54) is 0 Å². The molecule has 0 spiro atoms. The highest BCUT2D eigenvalue weighted by atomic mass is 32.1. The zero-order valence-electron chi connectivity index (χ0n) is 9.32. The van der Waals surface area contributed by atoms with Crippen molar-refractivity contribution >= 4 is 16.9 Å².